The van der Waals surface area contributed by atoms with Crippen molar-refractivity contribution in [2.45, 2.75) is 112 Å². The third-order valence-corrected chi connectivity index (χ3v) is 13.7. The van der Waals surface area contributed by atoms with E-state index in [4.69, 9.17) is 0 Å². The van der Waals surface area contributed by atoms with Gasteiger partial charge in [-0.2, -0.15) is 5.26 Å². The van der Waals surface area contributed by atoms with E-state index in [1.54, 1.807) is 0 Å². The van der Waals surface area contributed by atoms with Crippen molar-refractivity contribution < 1.29 is 14.4 Å². The Balaban J connectivity index is 1.31. The Morgan fingerprint density at radius 1 is 1.00 bits per heavy atom. The highest BCUT2D eigenvalue weighted by molar-refractivity contribution is 6.04. The maximum absolute atomic E-state index is 14.5. The second kappa shape index (κ2) is 10.7. The number of carbonyl (C=O) groups is 3. The van der Waals surface area contributed by atoms with E-state index in [0.717, 1.165) is 69.8 Å². The highest BCUT2D eigenvalue weighted by Crippen LogP contribution is 2.71. The molecule has 6 rings (SSSR count). The quantitative estimate of drug-likeness (QED) is 0.348. The van der Waals surface area contributed by atoms with Crippen LogP contribution in [0.4, 0.5) is 0 Å². The first-order valence-electron chi connectivity index (χ1n) is 17.2. The number of nitrogens with one attached hydrogen (secondary N) is 1. The van der Waals surface area contributed by atoms with Crippen LogP contribution in [-0.2, 0) is 14.4 Å². The van der Waals surface area contributed by atoms with Gasteiger partial charge >= 0.3 is 0 Å². The van der Waals surface area contributed by atoms with Crippen molar-refractivity contribution in [3.63, 3.8) is 0 Å². The summed E-state index contributed by atoms with van der Waals surface area (Å²) in [5, 5.41) is 13.1. The van der Waals surface area contributed by atoms with Gasteiger partial charge in [0.15, 0.2) is 11.6 Å². The third-order valence-electron chi connectivity index (χ3n) is 13.7. The molecule has 6 aliphatic carbocycles. The van der Waals surface area contributed by atoms with Crippen LogP contribution >= 0.6 is 0 Å². The molecule has 0 aromatic heterocycles. The lowest BCUT2D eigenvalue weighted by Crippen LogP contribution is -2.60. The van der Waals surface area contributed by atoms with Crippen LogP contribution in [0.5, 0.6) is 0 Å². The van der Waals surface area contributed by atoms with Crippen LogP contribution in [0, 0.1) is 62.1 Å². The van der Waals surface area contributed by atoms with Gasteiger partial charge in [-0.3, -0.25) is 14.4 Å². The fourth-order valence-electron chi connectivity index (χ4n) is 11.3. The van der Waals surface area contributed by atoms with Crippen LogP contribution in [0.1, 0.15) is 112 Å². The summed E-state index contributed by atoms with van der Waals surface area (Å²) in [5.74, 6) is 0.860. The molecule has 236 valence electrons. The highest BCUT2D eigenvalue weighted by Gasteiger charge is 2.65. The molecule has 0 aromatic carbocycles. The van der Waals surface area contributed by atoms with Gasteiger partial charge in [-0.1, -0.05) is 71.4 Å². The minimum atomic E-state index is -0.643. The first-order chi connectivity index (χ1) is 20.7. The van der Waals surface area contributed by atoms with Crippen LogP contribution in [0.15, 0.2) is 47.1 Å². The van der Waals surface area contributed by atoms with Gasteiger partial charge in [0.1, 0.15) is 6.07 Å². The van der Waals surface area contributed by atoms with Crippen molar-refractivity contribution in [3.8, 4) is 6.07 Å². The zero-order chi connectivity index (χ0) is 31.7. The van der Waals surface area contributed by atoms with Crippen LogP contribution < -0.4 is 5.32 Å². The molecule has 1 amide bonds. The summed E-state index contributed by atoms with van der Waals surface area (Å²) >= 11 is 0. The molecule has 7 atom stereocenters. The summed E-state index contributed by atoms with van der Waals surface area (Å²) < 4.78 is 0. The molecule has 5 nitrogen and oxygen atoms in total. The van der Waals surface area contributed by atoms with Crippen LogP contribution in [-0.4, -0.2) is 24.0 Å². The molecule has 0 heterocycles. The molecule has 1 N–H and O–H groups in total. The van der Waals surface area contributed by atoms with Crippen molar-refractivity contribution in [1.82, 2.24) is 5.32 Å². The maximum Gasteiger partial charge on any atom is 0.220 e. The smallest absolute Gasteiger partial charge is 0.220 e. The molecule has 0 radical (unpaired) electrons. The van der Waals surface area contributed by atoms with Gasteiger partial charge in [-0.15, -0.1) is 0 Å². The lowest BCUT2D eigenvalue weighted by Gasteiger charge is -2.65. The van der Waals surface area contributed by atoms with E-state index < -0.39 is 10.8 Å². The Kier molecular flexibility index (Phi) is 7.58. The van der Waals surface area contributed by atoms with Crippen molar-refractivity contribution in [2.24, 2.45) is 50.7 Å². The number of fused-ring (bicyclic) bond motifs is 7. The number of allylic oxidation sites excluding steroid dienone is 6. The molecular formula is C39H52N2O3. The number of rotatable bonds is 5. The highest BCUT2D eigenvalue weighted by atomic mass is 16.1. The van der Waals surface area contributed by atoms with Gasteiger partial charge in [-0.25, -0.2) is 0 Å². The Morgan fingerprint density at radius 3 is 2.48 bits per heavy atom. The van der Waals surface area contributed by atoms with Crippen LogP contribution in [0.2, 0.25) is 0 Å². The summed E-state index contributed by atoms with van der Waals surface area (Å²) in [4.78, 5) is 40.9. The summed E-state index contributed by atoms with van der Waals surface area (Å²) in [6.07, 6.45) is 21.1. The molecule has 3 saturated carbocycles. The maximum atomic E-state index is 14.5. The summed E-state index contributed by atoms with van der Waals surface area (Å²) in [6.45, 7) is 13.9. The molecule has 0 spiro atoms. The van der Waals surface area contributed by atoms with Gasteiger partial charge in [0.05, 0.1) is 5.57 Å². The zero-order valence-corrected chi connectivity index (χ0v) is 27.9. The van der Waals surface area contributed by atoms with E-state index in [9.17, 15) is 19.6 Å². The number of amides is 1. The number of nitriles is 1. The molecule has 0 saturated heterocycles. The predicted molar refractivity (Wildman–Crippen MR) is 173 cm³/mol. The Hall–Kier alpha value is -2.74. The van der Waals surface area contributed by atoms with Crippen molar-refractivity contribution in [2.75, 3.05) is 6.54 Å². The van der Waals surface area contributed by atoms with Gasteiger partial charge in [0.2, 0.25) is 5.91 Å². The van der Waals surface area contributed by atoms with Gasteiger partial charge in [0.25, 0.3) is 0 Å². The zero-order valence-electron chi connectivity index (χ0n) is 27.9. The lowest BCUT2D eigenvalue weighted by molar-refractivity contribution is -0.149. The molecule has 7 unspecified atom stereocenters. The van der Waals surface area contributed by atoms with E-state index in [2.05, 4.69) is 57.3 Å². The van der Waals surface area contributed by atoms with E-state index in [-0.39, 0.29) is 63.0 Å². The summed E-state index contributed by atoms with van der Waals surface area (Å²) in [7, 11) is 0. The molecule has 0 aromatic rings. The summed E-state index contributed by atoms with van der Waals surface area (Å²) in [5.41, 5.74) is 1.51. The lowest BCUT2D eigenvalue weighted by atomic mass is 9.38. The Morgan fingerprint density at radius 2 is 1.77 bits per heavy atom. The number of nitrogens with zero attached hydrogens (tertiary/aromatic N) is 1. The first kappa shape index (κ1) is 31.3. The molecule has 44 heavy (non-hydrogen) atoms. The predicted octanol–water partition coefficient (Wildman–Crippen LogP) is 7.99. The number of hydrogen-bond donors (Lipinski definition) is 1. The SMILES string of the molecule is CC1(C)CCC2(CCC(=O)NCC3=CCCC=C3)CCC3C(C(=O)C=C4C5(C)C=C(C#N)C(=O)C(C)(C)C5CCC43C)C2C1. The molecule has 0 bridgehead atoms. The molecule has 5 heteroatoms. The number of carbonyl (C=O) groups excluding carboxylic acids is 3. The van der Waals surface area contributed by atoms with E-state index >= 15 is 0 Å². The number of Topliss-reactive ketones (excluding diaryl/α,β-unsaturated/α-hetero) is 1. The van der Waals surface area contributed by atoms with Crippen molar-refractivity contribution >= 4 is 17.5 Å². The average Bonchev–Trinajstić information content (AvgIpc) is 2.98. The second-order valence-corrected chi connectivity index (χ2v) is 17.0. The minimum absolute atomic E-state index is 0.0175. The van der Waals surface area contributed by atoms with Gasteiger partial charge < -0.3 is 5.32 Å². The monoisotopic (exact) mass is 596 g/mol. The molecule has 0 aliphatic heterocycles. The van der Waals surface area contributed by atoms with Crippen molar-refractivity contribution in [3.05, 3.63) is 47.1 Å². The van der Waals surface area contributed by atoms with Crippen LogP contribution in [0.25, 0.3) is 0 Å². The standard InChI is InChI=1S/C39H52N2O3/c1-35(2)18-19-39(17-14-32(43)41-24-25-10-8-7-9-11-25)16-12-27-33(28(39)22-35)29(42)20-31-37(27,5)15-13-30-36(3,4)34(44)26(23-40)21-38(30,31)6/h8,10-11,20-21,27-28,30,33H,7,9,12-19,22,24H2,1-6H3,(H,41,43). The Labute approximate surface area is 264 Å². The topological polar surface area (TPSA) is 87.0 Å². The summed E-state index contributed by atoms with van der Waals surface area (Å²) in [6, 6.07) is 2.21. The number of hydrogen-bond acceptors (Lipinski definition) is 4. The van der Waals surface area contributed by atoms with E-state index in [1.165, 1.54) is 5.57 Å². The second-order valence-electron chi connectivity index (χ2n) is 17.0. The molecule has 6 aliphatic rings. The average molecular weight is 597 g/mol. The van der Waals surface area contributed by atoms with E-state index in [0.29, 0.717) is 13.0 Å². The largest absolute Gasteiger partial charge is 0.352 e. The van der Waals surface area contributed by atoms with Gasteiger partial charge in [0, 0.05) is 29.7 Å². The first-order valence-corrected chi connectivity index (χ1v) is 17.2. The number of ketones is 2. The fraction of sp³-hybridized carbons (Fsp3) is 0.692. The minimum Gasteiger partial charge on any atom is -0.352 e. The molecule has 3 fully saturated rings. The van der Waals surface area contributed by atoms with Gasteiger partial charge in [-0.05, 0) is 110 Å². The van der Waals surface area contributed by atoms with E-state index in [1.807, 2.05) is 26.0 Å². The normalized spacial score (nSPS) is 40.2. The van der Waals surface area contributed by atoms with Crippen LogP contribution in [0.3, 0.4) is 0 Å². The van der Waals surface area contributed by atoms with Crippen molar-refractivity contribution in [1.29, 1.82) is 5.26 Å². The fourth-order valence-corrected chi connectivity index (χ4v) is 11.3. The molecular weight excluding hydrogens is 544 g/mol. The Bertz CT molecular complexity index is 1430. The third kappa shape index (κ3) is 4.81.